The fourth-order valence-electron chi connectivity index (χ4n) is 1.99. The molecule has 6 nitrogen and oxygen atoms in total. The molecule has 19 heavy (non-hydrogen) atoms. The van der Waals surface area contributed by atoms with E-state index in [4.69, 9.17) is 4.74 Å². The first-order valence-electron chi connectivity index (χ1n) is 5.99. The normalized spacial score (nSPS) is 26.1. The van der Waals surface area contributed by atoms with Gasteiger partial charge in [0.05, 0.1) is 19.3 Å². The molecule has 2 heterocycles. The molecule has 2 rings (SSSR count). The molecule has 2 atom stereocenters. The number of pyridine rings is 1. The minimum Gasteiger partial charge on any atom is -0.481 e. The van der Waals surface area contributed by atoms with E-state index < -0.39 is 17.4 Å². The molecule has 6 heteroatoms. The van der Waals surface area contributed by atoms with Crippen molar-refractivity contribution >= 4 is 11.9 Å². The standard InChI is InChI=1S/C13H16N2O4/c1-8-4-3-5-9(14-8)11(16)15-10-6-19-7-13(10,2)12(17)18/h3-5,10H,6-7H2,1-2H3,(H,15,16)(H,17,18). The molecule has 1 saturated heterocycles. The van der Waals surface area contributed by atoms with Crippen LogP contribution in [-0.4, -0.2) is 41.2 Å². The highest BCUT2D eigenvalue weighted by molar-refractivity contribution is 5.93. The molecule has 2 unspecified atom stereocenters. The quantitative estimate of drug-likeness (QED) is 0.835. The summed E-state index contributed by atoms with van der Waals surface area (Å²) in [6, 6.07) is 4.56. The number of carbonyl (C=O) groups is 2. The Kier molecular flexibility index (Phi) is 3.53. The number of carboxylic acids is 1. The highest BCUT2D eigenvalue weighted by atomic mass is 16.5. The average molecular weight is 264 g/mol. The Morgan fingerprint density at radius 3 is 2.89 bits per heavy atom. The molecule has 102 valence electrons. The van der Waals surface area contributed by atoms with E-state index >= 15 is 0 Å². The first-order chi connectivity index (χ1) is 8.93. The maximum Gasteiger partial charge on any atom is 0.313 e. The fourth-order valence-corrected chi connectivity index (χ4v) is 1.99. The second-order valence-electron chi connectivity index (χ2n) is 4.93. The molecule has 1 fully saturated rings. The van der Waals surface area contributed by atoms with Gasteiger partial charge in [-0.1, -0.05) is 6.07 Å². The van der Waals surface area contributed by atoms with Crippen molar-refractivity contribution in [3.8, 4) is 0 Å². The van der Waals surface area contributed by atoms with Gasteiger partial charge in [0.15, 0.2) is 0 Å². The molecule has 0 bridgehead atoms. The van der Waals surface area contributed by atoms with E-state index in [-0.39, 0.29) is 24.8 Å². The first-order valence-corrected chi connectivity index (χ1v) is 5.99. The Balaban J connectivity index is 2.13. The van der Waals surface area contributed by atoms with Crippen molar-refractivity contribution in [3.63, 3.8) is 0 Å². The molecule has 1 aliphatic heterocycles. The summed E-state index contributed by atoms with van der Waals surface area (Å²) in [4.78, 5) is 27.4. The van der Waals surface area contributed by atoms with E-state index in [0.29, 0.717) is 0 Å². The third-order valence-corrected chi connectivity index (χ3v) is 3.37. The lowest BCUT2D eigenvalue weighted by atomic mass is 9.85. The third kappa shape index (κ3) is 2.58. The number of rotatable bonds is 3. The highest BCUT2D eigenvalue weighted by Crippen LogP contribution is 2.28. The zero-order valence-corrected chi connectivity index (χ0v) is 10.8. The number of amides is 1. The molecular formula is C13H16N2O4. The van der Waals surface area contributed by atoms with Crippen LogP contribution in [-0.2, 0) is 9.53 Å². The Hall–Kier alpha value is -1.95. The number of nitrogens with one attached hydrogen (secondary N) is 1. The van der Waals surface area contributed by atoms with Gasteiger partial charge in [-0.15, -0.1) is 0 Å². The van der Waals surface area contributed by atoms with Crippen molar-refractivity contribution in [2.45, 2.75) is 19.9 Å². The number of carbonyl (C=O) groups excluding carboxylic acids is 1. The van der Waals surface area contributed by atoms with Crippen LogP contribution in [0.2, 0.25) is 0 Å². The minimum atomic E-state index is -1.10. The largest absolute Gasteiger partial charge is 0.481 e. The van der Waals surface area contributed by atoms with Crippen molar-refractivity contribution in [2.24, 2.45) is 5.41 Å². The molecule has 0 aliphatic carbocycles. The lowest BCUT2D eigenvalue weighted by Gasteiger charge is -2.25. The van der Waals surface area contributed by atoms with Gasteiger partial charge in [0.2, 0.25) is 0 Å². The lowest BCUT2D eigenvalue weighted by molar-refractivity contribution is -0.148. The van der Waals surface area contributed by atoms with Crippen LogP contribution in [0.4, 0.5) is 0 Å². The van der Waals surface area contributed by atoms with E-state index in [9.17, 15) is 14.7 Å². The Labute approximate surface area is 110 Å². The van der Waals surface area contributed by atoms with Crippen molar-refractivity contribution < 1.29 is 19.4 Å². The van der Waals surface area contributed by atoms with Gasteiger partial charge in [0, 0.05) is 5.69 Å². The van der Waals surface area contributed by atoms with Crippen molar-refractivity contribution in [1.82, 2.24) is 10.3 Å². The van der Waals surface area contributed by atoms with Gasteiger partial charge in [0.25, 0.3) is 5.91 Å². The smallest absolute Gasteiger partial charge is 0.313 e. The summed E-state index contributed by atoms with van der Waals surface area (Å²) in [5.41, 5.74) is -0.0876. The van der Waals surface area contributed by atoms with Gasteiger partial charge in [-0.05, 0) is 26.0 Å². The maximum absolute atomic E-state index is 12.0. The van der Waals surface area contributed by atoms with Crippen molar-refractivity contribution in [1.29, 1.82) is 0 Å². The number of nitrogens with zero attached hydrogens (tertiary/aromatic N) is 1. The third-order valence-electron chi connectivity index (χ3n) is 3.37. The molecule has 1 amide bonds. The molecular weight excluding hydrogens is 248 g/mol. The van der Waals surface area contributed by atoms with Crippen molar-refractivity contribution in [3.05, 3.63) is 29.6 Å². The SMILES string of the molecule is Cc1cccc(C(=O)NC2COCC2(C)C(=O)O)n1. The number of ether oxygens (including phenoxy) is 1. The summed E-state index contributed by atoms with van der Waals surface area (Å²) in [6.07, 6.45) is 0. The first kappa shape index (κ1) is 13.5. The molecule has 1 aromatic rings. The van der Waals surface area contributed by atoms with Crippen LogP contribution in [0.3, 0.4) is 0 Å². The van der Waals surface area contributed by atoms with E-state index in [2.05, 4.69) is 10.3 Å². The van der Waals surface area contributed by atoms with Crippen LogP contribution in [0.15, 0.2) is 18.2 Å². The van der Waals surface area contributed by atoms with E-state index in [1.807, 2.05) is 0 Å². The van der Waals surface area contributed by atoms with Crippen LogP contribution in [0.25, 0.3) is 0 Å². The molecule has 1 aliphatic rings. The van der Waals surface area contributed by atoms with Gasteiger partial charge >= 0.3 is 5.97 Å². The maximum atomic E-state index is 12.0. The Morgan fingerprint density at radius 2 is 2.26 bits per heavy atom. The molecule has 0 radical (unpaired) electrons. The van der Waals surface area contributed by atoms with E-state index in [0.717, 1.165) is 5.69 Å². The molecule has 1 aromatic heterocycles. The van der Waals surface area contributed by atoms with Crippen LogP contribution < -0.4 is 5.32 Å². The second-order valence-corrected chi connectivity index (χ2v) is 4.93. The van der Waals surface area contributed by atoms with Gasteiger partial charge < -0.3 is 15.2 Å². The number of aryl methyl sites for hydroxylation is 1. The molecule has 0 spiro atoms. The highest BCUT2D eigenvalue weighted by Gasteiger charge is 2.47. The second kappa shape index (κ2) is 4.97. The van der Waals surface area contributed by atoms with Gasteiger partial charge in [-0.2, -0.15) is 0 Å². The number of aromatic nitrogens is 1. The topological polar surface area (TPSA) is 88.5 Å². The van der Waals surface area contributed by atoms with E-state index in [1.54, 1.807) is 32.0 Å². The summed E-state index contributed by atoms with van der Waals surface area (Å²) in [7, 11) is 0. The lowest BCUT2D eigenvalue weighted by Crippen LogP contribution is -2.49. The van der Waals surface area contributed by atoms with Crippen LogP contribution in [0.1, 0.15) is 23.1 Å². The van der Waals surface area contributed by atoms with E-state index in [1.165, 1.54) is 0 Å². The zero-order chi connectivity index (χ0) is 14.0. The number of carboxylic acid groups (broad SMARTS) is 1. The minimum absolute atomic E-state index is 0.0918. The average Bonchev–Trinajstić information content (AvgIpc) is 2.72. The summed E-state index contributed by atoms with van der Waals surface area (Å²) >= 11 is 0. The number of hydrogen-bond donors (Lipinski definition) is 2. The van der Waals surface area contributed by atoms with Gasteiger partial charge in [-0.3, -0.25) is 9.59 Å². The van der Waals surface area contributed by atoms with Crippen LogP contribution >= 0.6 is 0 Å². The van der Waals surface area contributed by atoms with Crippen LogP contribution in [0.5, 0.6) is 0 Å². The number of hydrogen-bond acceptors (Lipinski definition) is 4. The zero-order valence-electron chi connectivity index (χ0n) is 10.8. The summed E-state index contributed by atoms with van der Waals surface area (Å²) < 4.78 is 5.18. The predicted molar refractivity (Wildman–Crippen MR) is 66.8 cm³/mol. The predicted octanol–water partition coefficient (Wildman–Crippen LogP) is 0.610. The molecule has 0 aromatic carbocycles. The number of aliphatic carboxylic acids is 1. The molecule has 0 saturated carbocycles. The summed E-state index contributed by atoms with van der Waals surface area (Å²) in [5, 5.41) is 11.9. The Bertz CT molecular complexity index is 517. The van der Waals surface area contributed by atoms with Gasteiger partial charge in [-0.25, -0.2) is 4.98 Å². The monoisotopic (exact) mass is 264 g/mol. The molecule has 2 N–H and O–H groups in total. The summed E-state index contributed by atoms with van der Waals surface area (Å²) in [6.45, 7) is 3.64. The Morgan fingerprint density at radius 1 is 1.53 bits per heavy atom. The van der Waals surface area contributed by atoms with Crippen molar-refractivity contribution in [2.75, 3.05) is 13.2 Å². The summed E-state index contributed by atoms with van der Waals surface area (Å²) in [5.74, 6) is -1.36. The van der Waals surface area contributed by atoms with Crippen LogP contribution in [0, 0.1) is 12.3 Å². The fraction of sp³-hybridized carbons (Fsp3) is 0.462. The van der Waals surface area contributed by atoms with Gasteiger partial charge in [0.1, 0.15) is 11.1 Å².